The fourth-order valence-electron chi connectivity index (χ4n) is 2.30. The molecule has 2 fully saturated rings. The van der Waals surface area contributed by atoms with Crippen LogP contribution >= 0.6 is 0 Å². The van der Waals surface area contributed by atoms with E-state index >= 15 is 0 Å². The maximum atomic E-state index is 5.84. The molecule has 2 heterocycles. The molecule has 16 heavy (non-hydrogen) atoms. The standard InChI is InChI=1S/C12H24N2O2/c1-11(4-3-6-15-10-11)14-5-7-16-12(2)8-13-9-12/h13-14H,3-10H2,1-2H3. The van der Waals surface area contributed by atoms with Crippen LogP contribution in [-0.4, -0.2) is 50.6 Å². The summed E-state index contributed by atoms with van der Waals surface area (Å²) in [7, 11) is 0. The first-order valence-corrected chi connectivity index (χ1v) is 6.30. The molecule has 2 saturated heterocycles. The van der Waals surface area contributed by atoms with Crippen molar-refractivity contribution in [1.29, 1.82) is 0 Å². The number of hydrogen-bond acceptors (Lipinski definition) is 4. The van der Waals surface area contributed by atoms with E-state index in [2.05, 4.69) is 24.5 Å². The second-order valence-electron chi connectivity index (χ2n) is 5.55. The highest BCUT2D eigenvalue weighted by molar-refractivity contribution is 4.90. The first kappa shape index (κ1) is 12.3. The average molecular weight is 228 g/mol. The smallest absolute Gasteiger partial charge is 0.0902 e. The van der Waals surface area contributed by atoms with Crippen molar-refractivity contribution in [3.63, 3.8) is 0 Å². The Balaban J connectivity index is 1.59. The van der Waals surface area contributed by atoms with Crippen LogP contribution in [0.15, 0.2) is 0 Å². The molecule has 2 aliphatic heterocycles. The molecule has 0 aromatic carbocycles. The van der Waals surface area contributed by atoms with Crippen LogP contribution < -0.4 is 10.6 Å². The molecule has 0 aromatic rings. The molecule has 0 saturated carbocycles. The Morgan fingerprint density at radius 2 is 2.19 bits per heavy atom. The van der Waals surface area contributed by atoms with Gasteiger partial charge in [-0.15, -0.1) is 0 Å². The van der Waals surface area contributed by atoms with Crippen molar-refractivity contribution in [2.75, 3.05) is 39.5 Å². The fraction of sp³-hybridized carbons (Fsp3) is 1.00. The Morgan fingerprint density at radius 1 is 1.38 bits per heavy atom. The second-order valence-corrected chi connectivity index (χ2v) is 5.55. The quantitative estimate of drug-likeness (QED) is 0.673. The van der Waals surface area contributed by atoms with Crippen LogP contribution in [0.25, 0.3) is 0 Å². The van der Waals surface area contributed by atoms with Crippen LogP contribution in [0.2, 0.25) is 0 Å². The minimum Gasteiger partial charge on any atom is -0.380 e. The van der Waals surface area contributed by atoms with Gasteiger partial charge in [-0.1, -0.05) is 0 Å². The van der Waals surface area contributed by atoms with Gasteiger partial charge in [0.2, 0.25) is 0 Å². The molecule has 2 aliphatic rings. The van der Waals surface area contributed by atoms with Gasteiger partial charge >= 0.3 is 0 Å². The number of hydrogen-bond donors (Lipinski definition) is 2. The maximum absolute atomic E-state index is 5.84. The van der Waals surface area contributed by atoms with Crippen LogP contribution in [0, 0.1) is 0 Å². The molecule has 0 amide bonds. The van der Waals surface area contributed by atoms with Gasteiger partial charge in [0.1, 0.15) is 0 Å². The lowest BCUT2D eigenvalue weighted by Gasteiger charge is -2.40. The molecule has 4 nitrogen and oxygen atoms in total. The predicted molar refractivity (Wildman–Crippen MR) is 63.7 cm³/mol. The van der Waals surface area contributed by atoms with E-state index in [-0.39, 0.29) is 11.1 Å². The Labute approximate surface area is 98.1 Å². The lowest BCUT2D eigenvalue weighted by atomic mass is 9.95. The van der Waals surface area contributed by atoms with Crippen molar-refractivity contribution in [3.8, 4) is 0 Å². The lowest BCUT2D eigenvalue weighted by Crippen LogP contribution is -2.59. The van der Waals surface area contributed by atoms with Crippen molar-refractivity contribution in [2.24, 2.45) is 0 Å². The van der Waals surface area contributed by atoms with Crippen LogP contribution in [0.3, 0.4) is 0 Å². The van der Waals surface area contributed by atoms with E-state index in [0.717, 1.165) is 45.9 Å². The van der Waals surface area contributed by atoms with Crippen LogP contribution in [0.1, 0.15) is 26.7 Å². The summed E-state index contributed by atoms with van der Waals surface area (Å²) in [6.07, 6.45) is 2.36. The predicted octanol–water partition coefficient (Wildman–Crippen LogP) is 0.524. The summed E-state index contributed by atoms with van der Waals surface area (Å²) >= 11 is 0. The highest BCUT2D eigenvalue weighted by atomic mass is 16.5. The third-order valence-electron chi connectivity index (χ3n) is 3.54. The maximum Gasteiger partial charge on any atom is 0.0902 e. The summed E-state index contributed by atoms with van der Waals surface area (Å²) in [6, 6.07) is 0. The van der Waals surface area contributed by atoms with Crippen LogP contribution in [0.4, 0.5) is 0 Å². The summed E-state index contributed by atoms with van der Waals surface area (Å²) < 4.78 is 11.3. The molecule has 0 aliphatic carbocycles. The van der Waals surface area contributed by atoms with Gasteiger partial charge in [-0.25, -0.2) is 0 Å². The SMILES string of the molecule is CC1(NCCOC2(C)CNC2)CCCOC1. The Kier molecular flexibility index (Phi) is 3.85. The third kappa shape index (κ3) is 3.17. The van der Waals surface area contributed by atoms with Crippen molar-refractivity contribution in [2.45, 2.75) is 37.8 Å². The van der Waals surface area contributed by atoms with Gasteiger partial charge in [-0.05, 0) is 26.7 Å². The molecule has 0 bridgehead atoms. The first-order chi connectivity index (χ1) is 7.62. The number of rotatable bonds is 5. The molecule has 0 spiro atoms. The summed E-state index contributed by atoms with van der Waals surface area (Å²) in [6.45, 7) is 9.79. The van der Waals surface area contributed by atoms with Gasteiger partial charge in [0, 0.05) is 31.8 Å². The third-order valence-corrected chi connectivity index (χ3v) is 3.54. The summed E-state index contributed by atoms with van der Waals surface area (Å²) in [4.78, 5) is 0. The highest BCUT2D eigenvalue weighted by Gasteiger charge is 2.32. The van der Waals surface area contributed by atoms with E-state index in [9.17, 15) is 0 Å². The molecule has 0 aromatic heterocycles. The van der Waals surface area contributed by atoms with E-state index in [1.165, 1.54) is 6.42 Å². The second kappa shape index (κ2) is 5.00. The lowest BCUT2D eigenvalue weighted by molar-refractivity contribution is -0.0682. The Bertz CT molecular complexity index is 223. The first-order valence-electron chi connectivity index (χ1n) is 6.30. The number of ether oxygens (including phenoxy) is 2. The van der Waals surface area contributed by atoms with Gasteiger partial charge in [-0.3, -0.25) is 0 Å². The van der Waals surface area contributed by atoms with Crippen LogP contribution in [0.5, 0.6) is 0 Å². The summed E-state index contributed by atoms with van der Waals surface area (Å²) in [5, 5.41) is 6.78. The normalized spacial score (nSPS) is 33.4. The van der Waals surface area contributed by atoms with Gasteiger partial charge < -0.3 is 20.1 Å². The molecule has 4 heteroatoms. The van der Waals surface area contributed by atoms with Gasteiger partial charge in [0.25, 0.3) is 0 Å². The zero-order chi connectivity index (χ0) is 11.5. The highest BCUT2D eigenvalue weighted by Crippen LogP contribution is 2.18. The molecule has 2 rings (SSSR count). The molecule has 1 atom stereocenters. The zero-order valence-corrected chi connectivity index (χ0v) is 10.5. The minimum absolute atomic E-state index is 0.0750. The molecule has 0 radical (unpaired) electrons. The van der Waals surface area contributed by atoms with Crippen molar-refractivity contribution in [1.82, 2.24) is 10.6 Å². The zero-order valence-electron chi connectivity index (χ0n) is 10.5. The molecular weight excluding hydrogens is 204 g/mol. The van der Waals surface area contributed by atoms with Gasteiger partial charge in [0.05, 0.1) is 18.8 Å². The van der Waals surface area contributed by atoms with E-state index < -0.39 is 0 Å². The molecule has 2 N–H and O–H groups in total. The van der Waals surface area contributed by atoms with Crippen molar-refractivity contribution in [3.05, 3.63) is 0 Å². The van der Waals surface area contributed by atoms with Gasteiger partial charge in [-0.2, -0.15) is 0 Å². The molecule has 1 unspecified atom stereocenters. The van der Waals surface area contributed by atoms with Gasteiger partial charge in [0.15, 0.2) is 0 Å². The number of nitrogens with one attached hydrogen (secondary N) is 2. The van der Waals surface area contributed by atoms with Crippen molar-refractivity contribution >= 4 is 0 Å². The molecule has 94 valence electrons. The van der Waals surface area contributed by atoms with E-state index in [1.54, 1.807) is 0 Å². The fourth-order valence-corrected chi connectivity index (χ4v) is 2.30. The topological polar surface area (TPSA) is 42.5 Å². The Morgan fingerprint density at radius 3 is 2.75 bits per heavy atom. The monoisotopic (exact) mass is 228 g/mol. The average Bonchev–Trinajstić information content (AvgIpc) is 2.23. The van der Waals surface area contributed by atoms with Crippen molar-refractivity contribution < 1.29 is 9.47 Å². The van der Waals surface area contributed by atoms with Crippen LogP contribution in [-0.2, 0) is 9.47 Å². The summed E-state index contributed by atoms with van der Waals surface area (Å²) in [5.41, 5.74) is 0.228. The van der Waals surface area contributed by atoms with E-state index in [1.807, 2.05) is 0 Å². The van der Waals surface area contributed by atoms with E-state index in [0.29, 0.717) is 0 Å². The summed E-state index contributed by atoms with van der Waals surface area (Å²) in [5.74, 6) is 0. The minimum atomic E-state index is 0.0750. The van der Waals surface area contributed by atoms with E-state index in [4.69, 9.17) is 9.47 Å². The molecular formula is C12H24N2O2. The Hall–Kier alpha value is -0.160. The largest absolute Gasteiger partial charge is 0.380 e.